The summed E-state index contributed by atoms with van der Waals surface area (Å²) in [5.41, 5.74) is 1.43. The average molecular weight is 289 g/mol. The van der Waals surface area contributed by atoms with E-state index in [9.17, 15) is 4.79 Å². The molecule has 116 valence electrons. The quantitative estimate of drug-likeness (QED) is 0.896. The molecule has 0 radical (unpaired) electrons. The molecule has 0 bridgehead atoms. The number of hydrogen-bond acceptors (Lipinski definition) is 3. The molecule has 0 spiro atoms. The van der Waals surface area contributed by atoms with E-state index in [4.69, 9.17) is 0 Å². The van der Waals surface area contributed by atoms with Gasteiger partial charge in [0.2, 0.25) is 5.91 Å². The lowest BCUT2D eigenvalue weighted by Crippen LogP contribution is -2.59. The van der Waals surface area contributed by atoms with Crippen LogP contribution in [0.2, 0.25) is 0 Å². The first-order valence-electron chi connectivity index (χ1n) is 7.79. The van der Waals surface area contributed by atoms with E-state index in [-0.39, 0.29) is 11.4 Å². The molecule has 1 fully saturated rings. The number of carbonyl (C=O) groups excluding carboxylic acids is 1. The van der Waals surface area contributed by atoms with Crippen molar-refractivity contribution in [1.82, 2.24) is 15.1 Å². The Balaban J connectivity index is 1.92. The molecule has 1 aromatic carbocycles. The molecule has 0 unspecified atom stereocenters. The van der Waals surface area contributed by atoms with Crippen LogP contribution < -0.4 is 5.32 Å². The molecule has 4 nitrogen and oxygen atoms in total. The minimum absolute atomic E-state index is 0.0839. The molecule has 1 aromatic rings. The van der Waals surface area contributed by atoms with E-state index in [1.807, 2.05) is 6.92 Å². The van der Waals surface area contributed by atoms with Gasteiger partial charge in [0, 0.05) is 38.3 Å². The molecule has 1 aliphatic heterocycles. The van der Waals surface area contributed by atoms with Gasteiger partial charge in [-0.2, -0.15) is 0 Å². The van der Waals surface area contributed by atoms with Crippen molar-refractivity contribution in [3.05, 3.63) is 35.9 Å². The summed E-state index contributed by atoms with van der Waals surface area (Å²) in [5, 5.41) is 2.88. The molecule has 2 rings (SSSR count). The Morgan fingerprint density at radius 3 is 2.57 bits per heavy atom. The van der Waals surface area contributed by atoms with E-state index in [1.165, 1.54) is 5.56 Å². The highest BCUT2D eigenvalue weighted by Gasteiger charge is 2.33. The fraction of sp³-hybridized carbons (Fsp3) is 0.588. The molecule has 4 heteroatoms. The zero-order valence-corrected chi connectivity index (χ0v) is 13.4. The number of nitrogens with zero attached hydrogens (tertiary/aromatic N) is 2. The summed E-state index contributed by atoms with van der Waals surface area (Å²) in [6.07, 6.45) is 0. The minimum Gasteiger partial charge on any atom is -0.355 e. The summed E-state index contributed by atoms with van der Waals surface area (Å²) in [4.78, 5) is 16.5. The number of benzene rings is 1. The maximum Gasteiger partial charge on any atom is 0.234 e. The Bertz CT molecular complexity index is 458. The molecule has 0 aromatic heterocycles. The predicted molar refractivity (Wildman–Crippen MR) is 86.1 cm³/mol. The van der Waals surface area contributed by atoms with Crippen LogP contribution in [0.15, 0.2) is 30.3 Å². The fourth-order valence-electron chi connectivity index (χ4n) is 2.98. The van der Waals surface area contributed by atoms with Crippen LogP contribution in [0.5, 0.6) is 0 Å². The molecule has 0 aliphatic carbocycles. The van der Waals surface area contributed by atoms with Crippen LogP contribution in [0.1, 0.15) is 26.3 Å². The molecule has 1 amide bonds. The van der Waals surface area contributed by atoms with Crippen LogP contribution in [-0.4, -0.2) is 54.0 Å². The van der Waals surface area contributed by atoms with Gasteiger partial charge in [-0.1, -0.05) is 30.3 Å². The lowest BCUT2D eigenvalue weighted by Gasteiger charge is -2.47. The highest BCUT2D eigenvalue weighted by molar-refractivity contribution is 5.77. The summed E-state index contributed by atoms with van der Waals surface area (Å²) < 4.78 is 0. The normalized spacial score (nSPS) is 19.4. The number of rotatable bonds is 5. The average Bonchev–Trinajstić information content (AvgIpc) is 2.43. The second-order valence-electron chi connectivity index (χ2n) is 6.38. The van der Waals surface area contributed by atoms with Gasteiger partial charge in [-0.3, -0.25) is 14.6 Å². The van der Waals surface area contributed by atoms with Crippen LogP contribution in [0.25, 0.3) is 0 Å². The van der Waals surface area contributed by atoms with Gasteiger partial charge in [-0.15, -0.1) is 0 Å². The van der Waals surface area contributed by atoms with Crippen LogP contribution in [0, 0.1) is 0 Å². The number of nitrogens with one attached hydrogen (secondary N) is 1. The highest BCUT2D eigenvalue weighted by atomic mass is 16.2. The Morgan fingerprint density at radius 2 is 1.95 bits per heavy atom. The van der Waals surface area contributed by atoms with Crippen molar-refractivity contribution < 1.29 is 4.79 Å². The maximum atomic E-state index is 11.7. The number of likely N-dealkylation sites (N-methyl/N-ethyl adjacent to an activating group) is 1. The number of carbonyl (C=O) groups is 1. The number of amides is 1. The number of hydrogen-bond donors (Lipinski definition) is 1. The van der Waals surface area contributed by atoms with Crippen LogP contribution in [-0.2, 0) is 11.3 Å². The molecule has 1 saturated heterocycles. The van der Waals surface area contributed by atoms with Crippen molar-refractivity contribution in [3.63, 3.8) is 0 Å². The first kappa shape index (κ1) is 16.0. The zero-order chi connectivity index (χ0) is 15.3. The van der Waals surface area contributed by atoms with Crippen molar-refractivity contribution in [2.45, 2.75) is 32.9 Å². The molecule has 1 heterocycles. The summed E-state index contributed by atoms with van der Waals surface area (Å²) in [6.45, 7) is 11.6. The molecule has 0 saturated carbocycles. The molecule has 1 aliphatic rings. The Labute approximate surface area is 128 Å². The van der Waals surface area contributed by atoms with E-state index in [0.717, 1.165) is 26.2 Å². The third-order valence-corrected chi connectivity index (χ3v) is 4.11. The van der Waals surface area contributed by atoms with Gasteiger partial charge in [-0.25, -0.2) is 0 Å². The smallest absolute Gasteiger partial charge is 0.234 e. The van der Waals surface area contributed by atoms with Gasteiger partial charge in [0.05, 0.1) is 6.54 Å². The Morgan fingerprint density at radius 1 is 1.24 bits per heavy atom. The van der Waals surface area contributed by atoms with E-state index >= 15 is 0 Å². The second-order valence-corrected chi connectivity index (χ2v) is 6.38. The van der Waals surface area contributed by atoms with E-state index in [1.54, 1.807) is 0 Å². The van der Waals surface area contributed by atoms with E-state index in [2.05, 4.69) is 59.3 Å². The lowest BCUT2D eigenvalue weighted by atomic mass is 9.97. The summed E-state index contributed by atoms with van der Waals surface area (Å²) >= 11 is 0. The van der Waals surface area contributed by atoms with E-state index < -0.39 is 0 Å². The first-order chi connectivity index (χ1) is 10.0. The minimum atomic E-state index is 0.0839. The molecular formula is C17H27N3O. The van der Waals surface area contributed by atoms with Crippen molar-refractivity contribution in [2.75, 3.05) is 32.7 Å². The Kier molecular flexibility index (Phi) is 5.37. The zero-order valence-electron chi connectivity index (χ0n) is 13.4. The third-order valence-electron chi connectivity index (χ3n) is 4.11. The summed E-state index contributed by atoms with van der Waals surface area (Å²) in [6, 6.07) is 10.6. The fourth-order valence-corrected chi connectivity index (χ4v) is 2.98. The molecule has 0 atom stereocenters. The van der Waals surface area contributed by atoms with Crippen molar-refractivity contribution in [3.8, 4) is 0 Å². The van der Waals surface area contributed by atoms with Gasteiger partial charge < -0.3 is 5.32 Å². The van der Waals surface area contributed by atoms with Gasteiger partial charge in [0.1, 0.15) is 0 Å². The van der Waals surface area contributed by atoms with Gasteiger partial charge in [0.15, 0.2) is 0 Å². The topological polar surface area (TPSA) is 35.6 Å². The predicted octanol–water partition coefficient (Wildman–Crippen LogP) is 1.72. The van der Waals surface area contributed by atoms with E-state index in [0.29, 0.717) is 13.1 Å². The van der Waals surface area contributed by atoms with Crippen molar-refractivity contribution in [2.24, 2.45) is 0 Å². The molecular weight excluding hydrogens is 262 g/mol. The van der Waals surface area contributed by atoms with Crippen molar-refractivity contribution >= 4 is 5.91 Å². The largest absolute Gasteiger partial charge is 0.355 e. The van der Waals surface area contributed by atoms with Crippen LogP contribution in [0.3, 0.4) is 0 Å². The van der Waals surface area contributed by atoms with Crippen LogP contribution >= 0.6 is 0 Å². The maximum absolute atomic E-state index is 11.7. The highest BCUT2D eigenvalue weighted by Crippen LogP contribution is 2.23. The first-order valence-corrected chi connectivity index (χ1v) is 7.79. The van der Waals surface area contributed by atoms with Gasteiger partial charge in [0.25, 0.3) is 0 Å². The lowest BCUT2D eigenvalue weighted by molar-refractivity contribution is -0.123. The Hall–Kier alpha value is -1.39. The van der Waals surface area contributed by atoms with Gasteiger partial charge >= 0.3 is 0 Å². The molecule has 21 heavy (non-hydrogen) atoms. The van der Waals surface area contributed by atoms with Crippen LogP contribution in [0.4, 0.5) is 0 Å². The molecule has 1 N–H and O–H groups in total. The number of piperazine rings is 1. The third kappa shape index (κ3) is 4.55. The van der Waals surface area contributed by atoms with Crippen molar-refractivity contribution in [1.29, 1.82) is 0 Å². The SMILES string of the molecule is CCNC(=O)CN1CCN(Cc2ccccc2)C(C)(C)C1. The monoisotopic (exact) mass is 289 g/mol. The summed E-state index contributed by atoms with van der Waals surface area (Å²) in [7, 11) is 0. The summed E-state index contributed by atoms with van der Waals surface area (Å²) in [5.74, 6) is 0.129. The van der Waals surface area contributed by atoms with Gasteiger partial charge in [-0.05, 0) is 26.3 Å². The second kappa shape index (κ2) is 7.05. The standard InChI is InChI=1S/C17H27N3O/c1-4-18-16(21)13-19-10-11-20(17(2,3)14-19)12-15-8-6-5-7-9-15/h5-9H,4,10-14H2,1-3H3,(H,18,21).